The summed E-state index contributed by atoms with van der Waals surface area (Å²) in [6, 6.07) is 13.8. The van der Waals surface area contributed by atoms with Crippen molar-refractivity contribution in [2.75, 3.05) is 0 Å². The molecule has 6 heteroatoms. The Hall–Kier alpha value is -2.21. The molecule has 2 aromatic carbocycles. The quantitative estimate of drug-likeness (QED) is 0.824. The molecule has 1 amide bonds. The van der Waals surface area contributed by atoms with Gasteiger partial charge < -0.3 is 4.74 Å². The van der Waals surface area contributed by atoms with E-state index in [0.717, 1.165) is 10.9 Å². The number of benzene rings is 2. The Bertz CT molecular complexity index is 871. The molecule has 3 atom stereocenters. The van der Waals surface area contributed by atoms with E-state index in [1.807, 2.05) is 13.0 Å². The van der Waals surface area contributed by atoms with Gasteiger partial charge in [0.2, 0.25) is 0 Å². The Morgan fingerprint density at radius 1 is 1.32 bits per heavy atom. The van der Waals surface area contributed by atoms with Crippen LogP contribution in [0.3, 0.4) is 0 Å². The molecule has 2 aromatic rings. The maximum absolute atomic E-state index is 14.4. The highest BCUT2D eigenvalue weighted by Crippen LogP contribution is 2.53. The van der Waals surface area contributed by atoms with Crippen molar-refractivity contribution in [2.24, 2.45) is 10.9 Å². The van der Waals surface area contributed by atoms with E-state index in [9.17, 15) is 9.18 Å². The number of carbonyl (C=O) groups excluding carboxylic acids is 1. The lowest BCUT2D eigenvalue weighted by molar-refractivity contribution is 0.0956. The largest absolute Gasteiger partial charge is 0.461 e. The lowest BCUT2D eigenvalue weighted by Crippen LogP contribution is -2.41. The molecule has 0 bridgehead atoms. The number of rotatable bonds is 2. The first-order valence-electron chi connectivity index (χ1n) is 8.06. The van der Waals surface area contributed by atoms with Crippen molar-refractivity contribution in [1.82, 2.24) is 5.32 Å². The van der Waals surface area contributed by atoms with Gasteiger partial charge in [0, 0.05) is 21.5 Å². The van der Waals surface area contributed by atoms with Gasteiger partial charge in [-0.15, -0.1) is 0 Å². The number of hydrogen-bond donors (Lipinski definition) is 1. The summed E-state index contributed by atoms with van der Waals surface area (Å²) < 4.78 is 20.9. The second kappa shape index (κ2) is 5.95. The highest BCUT2D eigenvalue weighted by atomic mass is 79.9. The topological polar surface area (TPSA) is 50.7 Å². The molecule has 1 N–H and O–H groups in total. The average Bonchev–Trinajstić information content (AvgIpc) is 3.38. The second-order valence-corrected chi connectivity index (χ2v) is 7.42. The van der Waals surface area contributed by atoms with Crippen LogP contribution in [-0.4, -0.2) is 18.0 Å². The summed E-state index contributed by atoms with van der Waals surface area (Å²) in [4.78, 5) is 16.9. The molecule has 0 saturated heterocycles. The SMILES string of the molecule is CC1(c2cc(Br)ccc2F)N=C(NC(=O)c2ccccc2)OC2CC21. The number of aliphatic imine (C=N–C) groups is 1. The van der Waals surface area contributed by atoms with Crippen LogP contribution in [0.2, 0.25) is 0 Å². The lowest BCUT2D eigenvalue weighted by atomic mass is 9.86. The third-order valence-electron chi connectivity index (χ3n) is 4.78. The smallest absolute Gasteiger partial charge is 0.292 e. The Balaban J connectivity index is 1.66. The molecule has 4 nitrogen and oxygen atoms in total. The maximum atomic E-state index is 14.4. The predicted octanol–water partition coefficient (Wildman–Crippen LogP) is 4.01. The molecule has 1 heterocycles. The number of ether oxygens (including phenoxy) is 1. The number of fused-ring (bicyclic) bond motifs is 1. The van der Waals surface area contributed by atoms with E-state index >= 15 is 0 Å². The van der Waals surface area contributed by atoms with Gasteiger partial charge in [-0.05, 0) is 43.7 Å². The van der Waals surface area contributed by atoms with Gasteiger partial charge in [0.25, 0.3) is 11.9 Å². The summed E-state index contributed by atoms with van der Waals surface area (Å²) in [7, 11) is 0. The predicted molar refractivity (Wildman–Crippen MR) is 95.8 cm³/mol. The van der Waals surface area contributed by atoms with Crippen LogP contribution < -0.4 is 5.32 Å². The van der Waals surface area contributed by atoms with E-state index in [1.54, 1.807) is 36.4 Å². The van der Waals surface area contributed by atoms with Crippen molar-refractivity contribution < 1.29 is 13.9 Å². The van der Waals surface area contributed by atoms with E-state index in [2.05, 4.69) is 26.2 Å². The number of carbonyl (C=O) groups is 1. The first-order chi connectivity index (χ1) is 12.0. The molecule has 1 aliphatic carbocycles. The number of amidine groups is 1. The number of nitrogens with one attached hydrogen (secondary N) is 1. The number of nitrogens with zero attached hydrogens (tertiary/aromatic N) is 1. The summed E-state index contributed by atoms with van der Waals surface area (Å²) in [5.41, 5.74) is 0.252. The Morgan fingerprint density at radius 2 is 2.08 bits per heavy atom. The normalized spacial score (nSPS) is 26.9. The molecular formula is C19H16BrFN2O2. The Kier molecular flexibility index (Phi) is 3.87. The van der Waals surface area contributed by atoms with E-state index in [-0.39, 0.29) is 29.8 Å². The van der Waals surface area contributed by atoms with Gasteiger partial charge in [0.05, 0.1) is 5.54 Å². The van der Waals surface area contributed by atoms with Gasteiger partial charge in [-0.2, -0.15) is 0 Å². The molecule has 4 rings (SSSR count). The fourth-order valence-electron chi connectivity index (χ4n) is 3.32. The average molecular weight is 403 g/mol. The highest BCUT2D eigenvalue weighted by Gasteiger charge is 2.57. The maximum Gasteiger partial charge on any atom is 0.292 e. The van der Waals surface area contributed by atoms with Gasteiger partial charge in [-0.25, -0.2) is 9.38 Å². The summed E-state index contributed by atoms with van der Waals surface area (Å²) in [6.45, 7) is 1.89. The van der Waals surface area contributed by atoms with Gasteiger partial charge in [0.1, 0.15) is 11.9 Å². The minimum atomic E-state index is -0.768. The van der Waals surface area contributed by atoms with Gasteiger partial charge in [-0.1, -0.05) is 34.1 Å². The van der Waals surface area contributed by atoms with Crippen molar-refractivity contribution in [3.63, 3.8) is 0 Å². The van der Waals surface area contributed by atoms with Crippen LogP contribution in [0, 0.1) is 11.7 Å². The van der Waals surface area contributed by atoms with E-state index in [1.165, 1.54) is 6.07 Å². The van der Waals surface area contributed by atoms with Crippen molar-refractivity contribution in [3.8, 4) is 0 Å². The van der Waals surface area contributed by atoms with Gasteiger partial charge >= 0.3 is 0 Å². The lowest BCUT2D eigenvalue weighted by Gasteiger charge is -2.31. The molecule has 1 saturated carbocycles. The molecule has 1 aliphatic heterocycles. The molecule has 0 spiro atoms. The molecule has 0 radical (unpaired) electrons. The third kappa shape index (κ3) is 2.95. The van der Waals surface area contributed by atoms with E-state index < -0.39 is 5.54 Å². The van der Waals surface area contributed by atoms with Crippen molar-refractivity contribution in [2.45, 2.75) is 25.0 Å². The minimum absolute atomic E-state index is 0.0491. The van der Waals surface area contributed by atoms with Crippen LogP contribution in [0.15, 0.2) is 58.0 Å². The summed E-state index contributed by atoms with van der Waals surface area (Å²) >= 11 is 3.39. The molecule has 2 aliphatic rings. The summed E-state index contributed by atoms with van der Waals surface area (Å²) in [5, 5.41) is 2.71. The fraction of sp³-hybridized carbons (Fsp3) is 0.263. The Labute approximate surface area is 153 Å². The molecule has 1 fully saturated rings. The molecular weight excluding hydrogens is 387 g/mol. The summed E-state index contributed by atoms with van der Waals surface area (Å²) in [6.07, 6.45) is 0.739. The number of hydrogen-bond acceptors (Lipinski definition) is 3. The van der Waals surface area contributed by atoms with Gasteiger partial charge in [-0.3, -0.25) is 10.1 Å². The van der Waals surface area contributed by atoms with Crippen LogP contribution in [0.1, 0.15) is 29.3 Å². The van der Waals surface area contributed by atoms with Crippen LogP contribution in [-0.2, 0) is 10.3 Å². The Morgan fingerprint density at radius 3 is 2.84 bits per heavy atom. The third-order valence-corrected chi connectivity index (χ3v) is 5.27. The monoisotopic (exact) mass is 402 g/mol. The minimum Gasteiger partial charge on any atom is -0.461 e. The van der Waals surface area contributed by atoms with E-state index in [0.29, 0.717) is 11.1 Å². The van der Waals surface area contributed by atoms with Crippen molar-refractivity contribution >= 4 is 27.9 Å². The van der Waals surface area contributed by atoms with E-state index in [4.69, 9.17) is 4.74 Å². The molecule has 128 valence electrons. The molecule has 3 unspecified atom stereocenters. The molecule has 0 aromatic heterocycles. The highest BCUT2D eigenvalue weighted by molar-refractivity contribution is 9.10. The van der Waals surface area contributed by atoms with Crippen LogP contribution in [0.5, 0.6) is 0 Å². The zero-order valence-electron chi connectivity index (χ0n) is 13.5. The first kappa shape index (κ1) is 16.3. The number of halogens is 2. The standard InChI is InChI=1S/C19H16BrFN2O2/c1-19(13-9-12(20)7-8-15(13)21)14-10-16(14)25-18(23-19)22-17(24)11-5-3-2-4-6-11/h2-9,14,16H,10H2,1H3,(H,22,23,24). The number of amides is 1. The fourth-order valence-corrected chi connectivity index (χ4v) is 3.68. The summed E-state index contributed by atoms with van der Waals surface area (Å²) in [5.74, 6) is -0.500. The van der Waals surface area contributed by atoms with Gasteiger partial charge in [0.15, 0.2) is 0 Å². The molecule has 25 heavy (non-hydrogen) atoms. The first-order valence-corrected chi connectivity index (χ1v) is 8.85. The van der Waals surface area contributed by atoms with Crippen LogP contribution in [0.4, 0.5) is 4.39 Å². The second-order valence-electron chi connectivity index (χ2n) is 6.51. The van der Waals surface area contributed by atoms with Crippen molar-refractivity contribution in [1.29, 1.82) is 0 Å². The van der Waals surface area contributed by atoms with Crippen LogP contribution >= 0.6 is 15.9 Å². The zero-order valence-corrected chi connectivity index (χ0v) is 15.1. The zero-order chi connectivity index (χ0) is 17.6. The van der Waals surface area contributed by atoms with Crippen LogP contribution in [0.25, 0.3) is 0 Å². The van der Waals surface area contributed by atoms with Crippen molar-refractivity contribution in [3.05, 3.63) is 69.9 Å².